The molecule has 0 aliphatic heterocycles. The Morgan fingerprint density at radius 2 is 1.91 bits per heavy atom. The molecule has 0 unspecified atom stereocenters. The van der Waals surface area contributed by atoms with Gasteiger partial charge in [0.1, 0.15) is 0 Å². The third kappa shape index (κ3) is 3.57. The number of nitro groups is 1. The zero-order valence-corrected chi connectivity index (χ0v) is 12.0. The lowest BCUT2D eigenvalue weighted by Crippen LogP contribution is -2.28. The van der Waals surface area contributed by atoms with Crippen LogP contribution in [0.3, 0.4) is 0 Å². The van der Waals surface area contributed by atoms with E-state index in [1.54, 1.807) is 0 Å². The molecule has 1 aromatic carbocycles. The van der Waals surface area contributed by atoms with E-state index in [1.807, 2.05) is 0 Å². The van der Waals surface area contributed by atoms with E-state index < -0.39 is 48.5 Å². The van der Waals surface area contributed by atoms with Crippen molar-refractivity contribution in [3.05, 3.63) is 32.8 Å². The van der Waals surface area contributed by atoms with Gasteiger partial charge in [0.15, 0.2) is 0 Å². The minimum Gasteiger partial charge on any atom is -0.465 e. The van der Waals surface area contributed by atoms with E-state index in [9.17, 15) is 36.5 Å². The molecule has 0 saturated carbocycles. The van der Waals surface area contributed by atoms with Crippen LogP contribution >= 0.6 is 11.6 Å². The fourth-order valence-corrected chi connectivity index (χ4v) is 1.98. The van der Waals surface area contributed by atoms with E-state index >= 15 is 0 Å². The summed E-state index contributed by atoms with van der Waals surface area (Å²) in [6, 6.07) is 1.14. The van der Waals surface area contributed by atoms with E-state index in [4.69, 9.17) is 11.6 Å². The molecule has 13 heteroatoms. The first-order valence-corrected chi connectivity index (χ1v) is 6.76. The molecule has 122 valence electrons. The molecule has 8 nitrogen and oxygen atoms in total. The number of hydrogen-bond donors (Lipinski definition) is 0. The number of nitro benzene ring substituents is 1. The smallest absolute Gasteiger partial charge is 0.465 e. The highest BCUT2D eigenvalue weighted by Crippen LogP contribution is 2.39. The van der Waals surface area contributed by atoms with Crippen molar-refractivity contribution in [3.63, 3.8) is 0 Å². The van der Waals surface area contributed by atoms with Crippen LogP contribution in [0, 0.1) is 10.1 Å². The van der Waals surface area contributed by atoms with Crippen LogP contribution in [-0.2, 0) is 14.9 Å². The number of carbonyl (C=O) groups is 1. The molecule has 0 aliphatic carbocycles. The normalized spacial score (nSPS) is 11.9. The maximum absolute atomic E-state index is 12.2. The predicted octanol–water partition coefficient (Wildman–Crippen LogP) is 2.26. The standard InChI is InChI=1S/C9H5ClF3NO7S/c1-20-8(15)4-2-5(10)7(6(3-4)14(16)17)21-22(18,19)9(11,12)13/h2-3H,1H3. The highest BCUT2D eigenvalue weighted by atomic mass is 35.5. The average molecular weight is 364 g/mol. The van der Waals surface area contributed by atoms with Gasteiger partial charge in [-0.3, -0.25) is 10.1 Å². The second kappa shape index (κ2) is 5.96. The molecule has 0 amide bonds. The number of benzene rings is 1. The molecule has 0 saturated heterocycles. The number of alkyl halides is 3. The van der Waals surface area contributed by atoms with Crippen LogP contribution in [0.1, 0.15) is 10.4 Å². The third-order valence-electron chi connectivity index (χ3n) is 2.12. The minimum atomic E-state index is -6.17. The van der Waals surface area contributed by atoms with Crippen molar-refractivity contribution in [2.24, 2.45) is 0 Å². The van der Waals surface area contributed by atoms with Gasteiger partial charge in [0.2, 0.25) is 5.75 Å². The quantitative estimate of drug-likeness (QED) is 0.265. The first kappa shape index (κ1) is 18.0. The van der Waals surface area contributed by atoms with Gasteiger partial charge in [0.25, 0.3) is 0 Å². The third-order valence-corrected chi connectivity index (χ3v) is 3.35. The molecular formula is C9H5ClF3NO7S. The summed E-state index contributed by atoms with van der Waals surface area (Å²) in [5, 5.41) is 9.92. The van der Waals surface area contributed by atoms with Gasteiger partial charge in [-0.1, -0.05) is 11.6 Å². The van der Waals surface area contributed by atoms with Crippen molar-refractivity contribution >= 4 is 33.4 Å². The van der Waals surface area contributed by atoms with Gasteiger partial charge in [-0.25, -0.2) is 4.79 Å². The molecule has 0 atom stereocenters. The Kier molecular flexibility index (Phi) is 4.87. The first-order chi connectivity index (χ1) is 9.90. The van der Waals surface area contributed by atoms with Crippen LogP contribution in [0.15, 0.2) is 12.1 Å². The SMILES string of the molecule is COC(=O)c1cc(Cl)c(OS(=O)(=O)C(F)(F)F)c([N+](=O)[O-])c1. The molecule has 0 aromatic heterocycles. The number of ether oxygens (including phenoxy) is 1. The molecule has 0 fully saturated rings. The molecule has 1 aromatic rings. The Morgan fingerprint density at radius 3 is 2.32 bits per heavy atom. The molecule has 22 heavy (non-hydrogen) atoms. The number of halogens is 4. The maximum atomic E-state index is 12.2. The lowest BCUT2D eigenvalue weighted by molar-refractivity contribution is -0.385. The summed E-state index contributed by atoms with van der Waals surface area (Å²) in [5.74, 6) is -2.44. The van der Waals surface area contributed by atoms with E-state index in [-0.39, 0.29) is 0 Å². The summed E-state index contributed by atoms with van der Waals surface area (Å²) >= 11 is 5.47. The van der Waals surface area contributed by atoms with E-state index in [2.05, 4.69) is 8.92 Å². The molecular weight excluding hydrogens is 359 g/mol. The van der Waals surface area contributed by atoms with Gasteiger partial charge in [-0.05, 0) is 6.07 Å². The van der Waals surface area contributed by atoms with Crippen molar-refractivity contribution in [3.8, 4) is 5.75 Å². The molecule has 0 spiro atoms. The van der Waals surface area contributed by atoms with Gasteiger partial charge in [-0.2, -0.15) is 21.6 Å². The number of rotatable bonds is 4. The summed E-state index contributed by atoms with van der Waals surface area (Å²) in [6.45, 7) is 0. The summed E-state index contributed by atoms with van der Waals surface area (Å²) in [7, 11) is -5.23. The lowest BCUT2D eigenvalue weighted by atomic mass is 10.2. The summed E-state index contributed by atoms with van der Waals surface area (Å²) < 4.78 is 66.5. The van der Waals surface area contributed by atoms with Crippen LogP contribution in [0.25, 0.3) is 0 Å². The van der Waals surface area contributed by atoms with Gasteiger partial charge in [0.05, 0.1) is 22.6 Å². The Balaban J connectivity index is 3.50. The number of methoxy groups -OCH3 is 1. The van der Waals surface area contributed by atoms with Gasteiger partial charge in [-0.15, -0.1) is 0 Å². The van der Waals surface area contributed by atoms with Crippen molar-refractivity contribution in [1.29, 1.82) is 0 Å². The highest BCUT2D eigenvalue weighted by molar-refractivity contribution is 7.88. The topological polar surface area (TPSA) is 113 Å². The van der Waals surface area contributed by atoms with Crippen LogP contribution in [-0.4, -0.2) is 31.9 Å². The van der Waals surface area contributed by atoms with E-state index in [0.717, 1.165) is 7.11 Å². The number of nitrogens with zero attached hydrogens (tertiary/aromatic N) is 1. The Bertz CT molecular complexity index is 731. The second-order valence-corrected chi connectivity index (χ2v) is 5.48. The fourth-order valence-electron chi connectivity index (χ4n) is 1.19. The fraction of sp³-hybridized carbons (Fsp3) is 0.222. The van der Waals surface area contributed by atoms with E-state index in [0.29, 0.717) is 12.1 Å². The maximum Gasteiger partial charge on any atom is 0.534 e. The summed E-state index contributed by atoms with van der Waals surface area (Å²) in [4.78, 5) is 20.8. The lowest BCUT2D eigenvalue weighted by Gasteiger charge is -2.11. The molecule has 0 N–H and O–H groups in total. The van der Waals surface area contributed by atoms with Crippen LogP contribution in [0.4, 0.5) is 18.9 Å². The van der Waals surface area contributed by atoms with Crippen molar-refractivity contribution in [2.75, 3.05) is 7.11 Å². The predicted molar refractivity (Wildman–Crippen MR) is 65.0 cm³/mol. The largest absolute Gasteiger partial charge is 0.534 e. The van der Waals surface area contributed by atoms with Crippen molar-refractivity contribution in [2.45, 2.75) is 5.51 Å². The van der Waals surface area contributed by atoms with Gasteiger partial charge < -0.3 is 8.92 Å². The van der Waals surface area contributed by atoms with Crippen molar-refractivity contribution < 1.29 is 40.2 Å². The van der Waals surface area contributed by atoms with Crippen molar-refractivity contribution in [1.82, 2.24) is 0 Å². The van der Waals surface area contributed by atoms with E-state index in [1.165, 1.54) is 0 Å². The molecule has 1 rings (SSSR count). The first-order valence-electron chi connectivity index (χ1n) is 4.97. The summed E-state index contributed by atoms with van der Waals surface area (Å²) in [5.41, 5.74) is -7.54. The van der Waals surface area contributed by atoms with Crippen LogP contribution < -0.4 is 4.18 Å². The molecule has 0 bridgehead atoms. The second-order valence-electron chi connectivity index (χ2n) is 3.54. The molecule has 0 heterocycles. The zero-order chi connectivity index (χ0) is 17.3. The Hall–Kier alpha value is -2.08. The zero-order valence-electron chi connectivity index (χ0n) is 10.4. The monoisotopic (exact) mass is 363 g/mol. The Labute approximate surface area is 125 Å². The summed E-state index contributed by atoms with van der Waals surface area (Å²) in [6.07, 6.45) is 0. The van der Waals surface area contributed by atoms with Crippen LogP contribution in [0.5, 0.6) is 5.75 Å². The molecule has 0 radical (unpaired) electrons. The Morgan fingerprint density at radius 1 is 1.36 bits per heavy atom. The number of carbonyl (C=O) groups excluding carboxylic acids is 1. The number of hydrogen-bond acceptors (Lipinski definition) is 7. The van der Waals surface area contributed by atoms with Gasteiger partial charge in [0, 0.05) is 6.07 Å². The highest BCUT2D eigenvalue weighted by Gasteiger charge is 2.49. The minimum absolute atomic E-state index is 0.471. The molecule has 0 aliphatic rings. The average Bonchev–Trinajstić information content (AvgIpc) is 2.37. The van der Waals surface area contributed by atoms with Crippen LogP contribution in [0.2, 0.25) is 5.02 Å². The number of esters is 1. The van der Waals surface area contributed by atoms with Gasteiger partial charge >= 0.3 is 27.3 Å².